The van der Waals surface area contributed by atoms with E-state index in [1.54, 1.807) is 0 Å². The molecule has 0 amide bonds. The fraction of sp³-hybridized carbons (Fsp3) is 0.692. The molecule has 0 aromatic heterocycles. The van der Waals surface area contributed by atoms with Crippen LogP contribution in [0.4, 0.5) is 0 Å². The Hall–Kier alpha value is -1.12. The van der Waals surface area contributed by atoms with Crippen molar-refractivity contribution in [2.75, 3.05) is 0 Å². The van der Waals surface area contributed by atoms with Gasteiger partial charge in [0.1, 0.15) is 0 Å². The van der Waals surface area contributed by atoms with E-state index < -0.39 is 0 Å². The van der Waals surface area contributed by atoms with Crippen LogP contribution in [-0.2, 0) is 14.3 Å². The maximum absolute atomic E-state index is 11.1. The van der Waals surface area contributed by atoms with E-state index in [9.17, 15) is 9.59 Å². The zero-order valence-electron chi connectivity index (χ0n) is 9.91. The summed E-state index contributed by atoms with van der Waals surface area (Å²) >= 11 is 0. The molecule has 0 N–H and O–H groups in total. The first-order valence-electron chi connectivity index (χ1n) is 6.13. The zero-order chi connectivity index (χ0) is 11.8. The van der Waals surface area contributed by atoms with Crippen LogP contribution in [0.15, 0.2) is 12.2 Å². The number of hydrogen-bond donors (Lipinski definition) is 0. The summed E-state index contributed by atoms with van der Waals surface area (Å²) in [5, 5.41) is 0. The predicted molar refractivity (Wildman–Crippen MR) is 61.7 cm³/mol. The number of rotatable bonds is 7. The van der Waals surface area contributed by atoms with E-state index in [1.807, 2.05) is 6.08 Å². The average molecular weight is 224 g/mol. The molecule has 0 bridgehead atoms. The number of carbonyl (C=O) groups excluding carboxylic acids is 2. The van der Waals surface area contributed by atoms with Crippen LogP contribution in [0, 0.1) is 5.92 Å². The lowest BCUT2D eigenvalue weighted by Crippen LogP contribution is -2.05. The van der Waals surface area contributed by atoms with Crippen molar-refractivity contribution in [3.05, 3.63) is 12.2 Å². The lowest BCUT2D eigenvalue weighted by molar-refractivity contribution is -0.153. The molecule has 0 unspecified atom stereocenters. The summed E-state index contributed by atoms with van der Waals surface area (Å²) in [6.45, 7) is 2.19. The summed E-state index contributed by atoms with van der Waals surface area (Å²) in [5.41, 5.74) is 0. The SMILES string of the molecule is CCCCCC/C=C/C[C@@H]1CC(=O)OC1=O. The molecule has 1 saturated heterocycles. The van der Waals surface area contributed by atoms with Gasteiger partial charge in [0.2, 0.25) is 0 Å². The second-order valence-electron chi connectivity index (χ2n) is 4.25. The smallest absolute Gasteiger partial charge is 0.317 e. The average Bonchev–Trinajstić information content (AvgIpc) is 2.56. The minimum Gasteiger partial charge on any atom is -0.393 e. The predicted octanol–water partition coefficient (Wildman–Crippen LogP) is 2.99. The van der Waals surface area contributed by atoms with Gasteiger partial charge < -0.3 is 4.74 Å². The Kier molecular flexibility index (Phi) is 5.83. The summed E-state index contributed by atoms with van der Waals surface area (Å²) < 4.78 is 4.47. The van der Waals surface area contributed by atoms with Crippen molar-refractivity contribution in [1.29, 1.82) is 0 Å². The standard InChI is InChI=1S/C13H20O3/c1-2-3-4-5-6-7-8-9-11-10-12(14)16-13(11)15/h7-8,11H,2-6,9-10H2,1H3/b8-7+/t11-/m1/s1. The van der Waals surface area contributed by atoms with Crippen molar-refractivity contribution >= 4 is 11.9 Å². The van der Waals surface area contributed by atoms with Crippen molar-refractivity contribution < 1.29 is 14.3 Å². The molecule has 1 rings (SSSR count). The summed E-state index contributed by atoms with van der Waals surface area (Å²) in [6.07, 6.45) is 11.1. The highest BCUT2D eigenvalue weighted by Gasteiger charge is 2.31. The second-order valence-corrected chi connectivity index (χ2v) is 4.25. The topological polar surface area (TPSA) is 43.4 Å². The van der Waals surface area contributed by atoms with Gasteiger partial charge in [0.25, 0.3) is 0 Å². The summed E-state index contributed by atoms with van der Waals surface area (Å²) in [6, 6.07) is 0. The van der Waals surface area contributed by atoms with Gasteiger partial charge in [0, 0.05) is 0 Å². The van der Waals surface area contributed by atoms with Crippen LogP contribution < -0.4 is 0 Å². The van der Waals surface area contributed by atoms with Crippen LogP contribution in [-0.4, -0.2) is 11.9 Å². The van der Waals surface area contributed by atoms with Crippen LogP contribution in [0.3, 0.4) is 0 Å². The van der Waals surface area contributed by atoms with Crippen molar-refractivity contribution in [1.82, 2.24) is 0 Å². The first-order chi connectivity index (χ1) is 7.74. The van der Waals surface area contributed by atoms with E-state index >= 15 is 0 Å². The third-order valence-electron chi connectivity index (χ3n) is 2.77. The molecule has 90 valence electrons. The largest absolute Gasteiger partial charge is 0.393 e. The van der Waals surface area contributed by atoms with E-state index in [1.165, 1.54) is 25.7 Å². The molecule has 0 aliphatic carbocycles. The fourth-order valence-electron chi connectivity index (χ4n) is 1.77. The van der Waals surface area contributed by atoms with Crippen molar-refractivity contribution in [3.63, 3.8) is 0 Å². The molecule has 1 aliphatic rings. The number of ether oxygens (including phenoxy) is 1. The van der Waals surface area contributed by atoms with Gasteiger partial charge in [-0.25, -0.2) is 0 Å². The maximum Gasteiger partial charge on any atom is 0.317 e. The minimum absolute atomic E-state index is 0.237. The number of unbranched alkanes of at least 4 members (excludes halogenated alkanes) is 4. The van der Waals surface area contributed by atoms with Gasteiger partial charge in [-0.2, -0.15) is 0 Å². The molecule has 1 aliphatic heterocycles. The highest BCUT2D eigenvalue weighted by Crippen LogP contribution is 2.19. The molecule has 0 saturated carbocycles. The van der Waals surface area contributed by atoms with Crippen molar-refractivity contribution in [2.45, 2.75) is 51.9 Å². The lowest BCUT2D eigenvalue weighted by Gasteiger charge is -1.98. The van der Waals surface area contributed by atoms with Crippen LogP contribution >= 0.6 is 0 Å². The Labute approximate surface area is 96.9 Å². The molecule has 1 atom stereocenters. The highest BCUT2D eigenvalue weighted by molar-refractivity contribution is 5.94. The van der Waals surface area contributed by atoms with Crippen molar-refractivity contribution in [3.8, 4) is 0 Å². The van der Waals surface area contributed by atoms with Crippen molar-refractivity contribution in [2.24, 2.45) is 5.92 Å². The van der Waals surface area contributed by atoms with Crippen LogP contribution in [0.5, 0.6) is 0 Å². The molecule has 3 nitrogen and oxygen atoms in total. The number of allylic oxidation sites excluding steroid dienone is 2. The Bertz CT molecular complexity index is 268. The van der Waals surface area contributed by atoms with E-state index in [0.717, 1.165) is 6.42 Å². The summed E-state index contributed by atoms with van der Waals surface area (Å²) in [5.74, 6) is -0.980. The van der Waals surface area contributed by atoms with E-state index in [-0.39, 0.29) is 24.3 Å². The number of hydrogen-bond acceptors (Lipinski definition) is 3. The van der Waals surface area contributed by atoms with Crippen LogP contribution in [0.2, 0.25) is 0 Å². The fourth-order valence-corrected chi connectivity index (χ4v) is 1.77. The van der Waals surface area contributed by atoms with Gasteiger partial charge in [-0.1, -0.05) is 38.3 Å². The summed E-state index contributed by atoms with van der Waals surface area (Å²) in [7, 11) is 0. The minimum atomic E-state index is -0.383. The Balaban J connectivity index is 2.08. The number of cyclic esters (lactones) is 2. The molecule has 0 aromatic carbocycles. The molecular weight excluding hydrogens is 204 g/mol. The number of carbonyl (C=O) groups is 2. The van der Waals surface area contributed by atoms with Crippen LogP contribution in [0.1, 0.15) is 51.9 Å². The van der Waals surface area contributed by atoms with Gasteiger partial charge >= 0.3 is 11.9 Å². The molecule has 0 aromatic rings. The van der Waals surface area contributed by atoms with Gasteiger partial charge in [-0.05, 0) is 19.3 Å². The second kappa shape index (κ2) is 7.20. The third-order valence-corrected chi connectivity index (χ3v) is 2.77. The first-order valence-corrected chi connectivity index (χ1v) is 6.13. The molecule has 1 heterocycles. The van der Waals surface area contributed by atoms with Gasteiger partial charge in [0.05, 0.1) is 12.3 Å². The molecule has 0 spiro atoms. The van der Waals surface area contributed by atoms with Gasteiger partial charge in [0.15, 0.2) is 0 Å². The van der Waals surface area contributed by atoms with E-state index in [0.29, 0.717) is 6.42 Å². The molecule has 3 heteroatoms. The first kappa shape index (κ1) is 12.9. The Morgan fingerprint density at radius 3 is 2.69 bits per heavy atom. The normalized spacial score (nSPS) is 20.7. The molecule has 0 radical (unpaired) electrons. The number of esters is 2. The van der Waals surface area contributed by atoms with Crippen LogP contribution in [0.25, 0.3) is 0 Å². The highest BCUT2D eigenvalue weighted by atomic mass is 16.6. The van der Waals surface area contributed by atoms with Gasteiger partial charge in [-0.3, -0.25) is 9.59 Å². The summed E-state index contributed by atoms with van der Waals surface area (Å²) in [4.78, 5) is 21.9. The third kappa shape index (κ3) is 4.60. The quantitative estimate of drug-likeness (QED) is 0.289. The monoisotopic (exact) mass is 224 g/mol. The van der Waals surface area contributed by atoms with E-state index in [2.05, 4.69) is 17.7 Å². The van der Waals surface area contributed by atoms with E-state index in [4.69, 9.17) is 0 Å². The zero-order valence-corrected chi connectivity index (χ0v) is 9.91. The Morgan fingerprint density at radius 1 is 1.25 bits per heavy atom. The molecule has 1 fully saturated rings. The maximum atomic E-state index is 11.1. The molecular formula is C13H20O3. The van der Waals surface area contributed by atoms with Gasteiger partial charge in [-0.15, -0.1) is 0 Å². The lowest BCUT2D eigenvalue weighted by atomic mass is 10.0. The Morgan fingerprint density at radius 2 is 2.06 bits per heavy atom. The molecule has 16 heavy (non-hydrogen) atoms.